The van der Waals surface area contributed by atoms with Crippen LogP contribution in [0.15, 0.2) is 18.6 Å². The fraction of sp³-hybridized carbons (Fsp3) is 0.643. The van der Waals surface area contributed by atoms with Crippen LogP contribution in [0.2, 0.25) is 0 Å². The Kier molecular flexibility index (Phi) is 7.32. The number of halogens is 2. The number of hydrogen-bond acceptors (Lipinski definition) is 5. The number of nitrogens with zero attached hydrogens (tertiary/aromatic N) is 2. The molecule has 1 spiro atoms. The molecule has 1 aromatic rings. The van der Waals surface area contributed by atoms with Crippen LogP contribution >= 0.6 is 24.8 Å². The highest BCUT2D eigenvalue weighted by Gasteiger charge is 2.57. The molecule has 22 heavy (non-hydrogen) atoms. The zero-order valence-electron chi connectivity index (χ0n) is 12.4. The molecule has 1 amide bonds. The molecule has 1 aliphatic carbocycles. The molecular formula is C14H23Cl2N5O. The van der Waals surface area contributed by atoms with E-state index in [1.165, 1.54) is 0 Å². The van der Waals surface area contributed by atoms with Crippen molar-refractivity contribution in [2.24, 2.45) is 11.3 Å². The number of rotatable bonds is 5. The van der Waals surface area contributed by atoms with Crippen LogP contribution in [-0.2, 0) is 4.79 Å². The fourth-order valence-electron chi connectivity index (χ4n) is 3.09. The first-order valence-corrected chi connectivity index (χ1v) is 7.28. The van der Waals surface area contributed by atoms with Crippen molar-refractivity contribution in [1.29, 1.82) is 0 Å². The van der Waals surface area contributed by atoms with E-state index in [1.807, 2.05) is 0 Å². The maximum absolute atomic E-state index is 12.1. The predicted molar refractivity (Wildman–Crippen MR) is 90.7 cm³/mol. The van der Waals surface area contributed by atoms with Crippen LogP contribution < -0.4 is 16.0 Å². The molecule has 124 valence electrons. The zero-order valence-corrected chi connectivity index (χ0v) is 14.0. The molecule has 2 fully saturated rings. The van der Waals surface area contributed by atoms with Crippen molar-refractivity contribution >= 4 is 36.5 Å². The Balaban J connectivity index is 0.00000121. The van der Waals surface area contributed by atoms with Crippen LogP contribution in [0, 0.1) is 11.3 Å². The lowest BCUT2D eigenvalue weighted by Crippen LogP contribution is -2.35. The number of carbonyl (C=O) groups is 1. The molecule has 3 rings (SSSR count). The summed E-state index contributed by atoms with van der Waals surface area (Å²) >= 11 is 0. The second-order valence-corrected chi connectivity index (χ2v) is 5.68. The molecule has 2 heterocycles. The largest absolute Gasteiger partial charge is 0.367 e. The number of anilines is 1. The summed E-state index contributed by atoms with van der Waals surface area (Å²) in [5.41, 5.74) is 0.313. The minimum atomic E-state index is 0. The van der Waals surface area contributed by atoms with Gasteiger partial charge in [-0.3, -0.25) is 9.78 Å². The molecule has 1 saturated carbocycles. The third-order valence-corrected chi connectivity index (χ3v) is 4.40. The standard InChI is InChI=1S/C14H21N5O.2ClH/c20-13(11-9-14(11)1-3-15-4-2-14)19-8-7-18-12-10-16-5-6-17-12;;/h5-6,10-11,15H,1-4,7-9H2,(H,17,18)(H,19,20);2*1H. The van der Waals surface area contributed by atoms with E-state index in [4.69, 9.17) is 0 Å². The number of aromatic nitrogens is 2. The quantitative estimate of drug-likeness (QED) is 0.698. The fourth-order valence-corrected chi connectivity index (χ4v) is 3.09. The molecule has 3 N–H and O–H groups in total. The molecule has 8 heteroatoms. The van der Waals surface area contributed by atoms with Crippen molar-refractivity contribution in [3.05, 3.63) is 18.6 Å². The zero-order chi connectivity index (χ0) is 13.8. The van der Waals surface area contributed by atoms with Gasteiger partial charge >= 0.3 is 0 Å². The van der Waals surface area contributed by atoms with Gasteiger partial charge in [0, 0.05) is 31.4 Å². The van der Waals surface area contributed by atoms with Crippen LogP contribution in [0.1, 0.15) is 19.3 Å². The summed E-state index contributed by atoms with van der Waals surface area (Å²) < 4.78 is 0. The van der Waals surface area contributed by atoms with Gasteiger partial charge in [-0.2, -0.15) is 0 Å². The Hall–Kier alpha value is -1.11. The number of amides is 1. The summed E-state index contributed by atoms with van der Waals surface area (Å²) in [5, 5.41) is 9.50. The molecule has 0 aromatic carbocycles. The number of carbonyl (C=O) groups excluding carboxylic acids is 1. The Labute approximate surface area is 143 Å². The molecular weight excluding hydrogens is 325 g/mol. The van der Waals surface area contributed by atoms with Gasteiger partial charge in [0.25, 0.3) is 0 Å². The predicted octanol–water partition coefficient (Wildman–Crippen LogP) is 1.24. The summed E-state index contributed by atoms with van der Waals surface area (Å²) in [7, 11) is 0. The summed E-state index contributed by atoms with van der Waals surface area (Å²) in [6.45, 7) is 3.40. The van der Waals surface area contributed by atoms with Gasteiger partial charge in [-0.25, -0.2) is 4.98 Å². The molecule has 0 radical (unpaired) electrons. The Morgan fingerprint density at radius 3 is 2.73 bits per heavy atom. The number of nitrogens with one attached hydrogen (secondary N) is 3. The summed E-state index contributed by atoms with van der Waals surface area (Å²) in [6.07, 6.45) is 8.31. The smallest absolute Gasteiger partial charge is 0.223 e. The van der Waals surface area contributed by atoms with E-state index in [0.29, 0.717) is 18.5 Å². The third-order valence-electron chi connectivity index (χ3n) is 4.40. The molecule has 1 aromatic heterocycles. The Morgan fingerprint density at radius 2 is 2.05 bits per heavy atom. The molecule has 2 aliphatic rings. The van der Waals surface area contributed by atoms with Crippen LogP contribution in [0.3, 0.4) is 0 Å². The number of piperidine rings is 1. The lowest BCUT2D eigenvalue weighted by atomic mass is 9.92. The van der Waals surface area contributed by atoms with E-state index in [9.17, 15) is 4.79 Å². The van der Waals surface area contributed by atoms with Gasteiger partial charge in [0.2, 0.25) is 5.91 Å². The molecule has 1 aliphatic heterocycles. The third kappa shape index (κ3) is 4.44. The van der Waals surface area contributed by atoms with Gasteiger partial charge < -0.3 is 16.0 Å². The van der Waals surface area contributed by atoms with Gasteiger partial charge in [-0.15, -0.1) is 24.8 Å². The highest BCUT2D eigenvalue weighted by Crippen LogP contribution is 2.58. The monoisotopic (exact) mass is 347 g/mol. The first-order valence-electron chi connectivity index (χ1n) is 7.28. The summed E-state index contributed by atoms with van der Waals surface area (Å²) in [6, 6.07) is 0. The Morgan fingerprint density at radius 1 is 1.27 bits per heavy atom. The van der Waals surface area contributed by atoms with Crippen LogP contribution in [0.25, 0.3) is 0 Å². The molecule has 6 nitrogen and oxygen atoms in total. The van der Waals surface area contributed by atoms with E-state index in [-0.39, 0.29) is 36.6 Å². The molecule has 1 atom stereocenters. The second-order valence-electron chi connectivity index (χ2n) is 5.68. The van der Waals surface area contributed by atoms with Crippen LogP contribution in [0.4, 0.5) is 5.82 Å². The van der Waals surface area contributed by atoms with Crippen LogP contribution in [0.5, 0.6) is 0 Å². The molecule has 0 bridgehead atoms. The SMILES string of the molecule is Cl.Cl.O=C(NCCNc1cnccn1)C1CC12CCNCC2. The van der Waals surface area contributed by atoms with Crippen molar-refractivity contribution < 1.29 is 4.79 Å². The highest BCUT2D eigenvalue weighted by molar-refractivity contribution is 5.85. The van der Waals surface area contributed by atoms with Crippen molar-refractivity contribution in [3.63, 3.8) is 0 Å². The van der Waals surface area contributed by atoms with E-state index >= 15 is 0 Å². The van der Waals surface area contributed by atoms with E-state index in [0.717, 1.165) is 38.2 Å². The average molecular weight is 348 g/mol. The van der Waals surface area contributed by atoms with Gasteiger partial charge in [0.1, 0.15) is 5.82 Å². The van der Waals surface area contributed by atoms with Gasteiger partial charge in [-0.05, 0) is 37.8 Å². The van der Waals surface area contributed by atoms with E-state index in [2.05, 4.69) is 25.9 Å². The molecule has 1 saturated heterocycles. The number of hydrogen-bond donors (Lipinski definition) is 3. The van der Waals surface area contributed by atoms with Crippen molar-refractivity contribution in [2.45, 2.75) is 19.3 Å². The first-order chi connectivity index (χ1) is 9.80. The Bertz CT molecular complexity index is 468. The van der Waals surface area contributed by atoms with Gasteiger partial charge in [0.15, 0.2) is 0 Å². The van der Waals surface area contributed by atoms with Crippen molar-refractivity contribution in [3.8, 4) is 0 Å². The topological polar surface area (TPSA) is 78.9 Å². The van der Waals surface area contributed by atoms with Crippen molar-refractivity contribution in [1.82, 2.24) is 20.6 Å². The van der Waals surface area contributed by atoms with Crippen molar-refractivity contribution in [2.75, 3.05) is 31.5 Å². The minimum absolute atomic E-state index is 0. The summed E-state index contributed by atoms with van der Waals surface area (Å²) in [5.74, 6) is 1.19. The highest BCUT2D eigenvalue weighted by atomic mass is 35.5. The van der Waals surface area contributed by atoms with Gasteiger partial charge in [-0.1, -0.05) is 0 Å². The average Bonchev–Trinajstić information content (AvgIpc) is 3.19. The van der Waals surface area contributed by atoms with E-state index in [1.54, 1.807) is 18.6 Å². The molecule has 1 unspecified atom stereocenters. The van der Waals surface area contributed by atoms with E-state index < -0.39 is 0 Å². The minimum Gasteiger partial charge on any atom is -0.367 e. The normalized spacial score (nSPS) is 21.2. The lowest BCUT2D eigenvalue weighted by Gasteiger charge is -2.23. The lowest BCUT2D eigenvalue weighted by molar-refractivity contribution is -0.123. The second kappa shape index (κ2) is 8.50. The first kappa shape index (κ1) is 18.9. The maximum atomic E-state index is 12.1. The maximum Gasteiger partial charge on any atom is 0.223 e. The van der Waals surface area contributed by atoms with Crippen LogP contribution in [-0.4, -0.2) is 42.1 Å². The van der Waals surface area contributed by atoms with Gasteiger partial charge in [0.05, 0.1) is 6.20 Å². The summed E-state index contributed by atoms with van der Waals surface area (Å²) in [4.78, 5) is 20.2.